The molecule has 19 heavy (non-hydrogen) atoms. The Hall–Kier alpha value is -1.87. The van der Waals surface area contributed by atoms with Crippen LogP contribution in [0.4, 0.5) is 4.39 Å². The van der Waals surface area contributed by atoms with E-state index in [1.807, 2.05) is 38.1 Å². The van der Waals surface area contributed by atoms with Crippen LogP contribution < -0.4 is 10.5 Å². The molecule has 2 nitrogen and oxygen atoms in total. The van der Waals surface area contributed by atoms with Crippen molar-refractivity contribution in [3.8, 4) is 5.75 Å². The Bertz CT molecular complexity index is 595. The Kier molecular flexibility index (Phi) is 3.86. The van der Waals surface area contributed by atoms with Gasteiger partial charge in [-0.05, 0) is 42.7 Å². The van der Waals surface area contributed by atoms with Gasteiger partial charge in [0.25, 0.3) is 0 Å². The van der Waals surface area contributed by atoms with Crippen LogP contribution >= 0.6 is 0 Å². The molecule has 3 heteroatoms. The molecule has 2 aromatic rings. The molecule has 0 amide bonds. The maximum atomic E-state index is 13.9. The van der Waals surface area contributed by atoms with Gasteiger partial charge in [0.1, 0.15) is 11.6 Å². The number of aryl methyl sites for hydroxylation is 2. The van der Waals surface area contributed by atoms with Gasteiger partial charge >= 0.3 is 0 Å². The van der Waals surface area contributed by atoms with Crippen LogP contribution in [0.1, 0.15) is 28.3 Å². The van der Waals surface area contributed by atoms with E-state index in [2.05, 4.69) is 0 Å². The maximum absolute atomic E-state index is 13.9. The second kappa shape index (κ2) is 5.41. The molecule has 0 aliphatic heterocycles. The predicted molar refractivity (Wildman–Crippen MR) is 74.9 cm³/mol. The predicted octanol–water partition coefficient (Wildman–Crippen LogP) is 3.50. The van der Waals surface area contributed by atoms with Gasteiger partial charge in [0.2, 0.25) is 0 Å². The number of ether oxygens (including phenoxy) is 1. The maximum Gasteiger partial charge on any atom is 0.128 e. The van der Waals surface area contributed by atoms with Crippen LogP contribution in [0.2, 0.25) is 0 Å². The zero-order chi connectivity index (χ0) is 14.0. The van der Waals surface area contributed by atoms with Crippen molar-refractivity contribution in [2.45, 2.75) is 19.9 Å². The molecular formula is C16H18FNO. The van der Waals surface area contributed by atoms with Gasteiger partial charge in [-0.2, -0.15) is 0 Å². The first kappa shape index (κ1) is 13.6. The van der Waals surface area contributed by atoms with Gasteiger partial charge < -0.3 is 10.5 Å². The fourth-order valence-corrected chi connectivity index (χ4v) is 2.16. The third kappa shape index (κ3) is 2.76. The number of methoxy groups -OCH3 is 1. The normalized spacial score (nSPS) is 12.3. The van der Waals surface area contributed by atoms with E-state index < -0.39 is 6.04 Å². The minimum absolute atomic E-state index is 0.263. The monoisotopic (exact) mass is 259 g/mol. The molecule has 2 N–H and O–H groups in total. The third-order valence-corrected chi connectivity index (χ3v) is 3.27. The van der Waals surface area contributed by atoms with Crippen LogP contribution in [-0.4, -0.2) is 7.11 Å². The molecule has 1 unspecified atom stereocenters. The van der Waals surface area contributed by atoms with Crippen LogP contribution in [-0.2, 0) is 0 Å². The van der Waals surface area contributed by atoms with Crippen molar-refractivity contribution >= 4 is 0 Å². The van der Waals surface area contributed by atoms with Crippen LogP contribution in [0, 0.1) is 19.7 Å². The molecule has 0 heterocycles. The van der Waals surface area contributed by atoms with Crippen LogP contribution in [0.3, 0.4) is 0 Å². The summed E-state index contributed by atoms with van der Waals surface area (Å²) in [7, 11) is 1.63. The Morgan fingerprint density at radius 2 is 1.84 bits per heavy atom. The molecule has 1 atom stereocenters. The van der Waals surface area contributed by atoms with Gasteiger partial charge in [-0.3, -0.25) is 0 Å². The molecule has 0 radical (unpaired) electrons. The number of hydrogen-bond acceptors (Lipinski definition) is 2. The molecule has 0 aliphatic carbocycles. The summed E-state index contributed by atoms with van der Waals surface area (Å²) < 4.78 is 19.1. The van der Waals surface area contributed by atoms with E-state index in [4.69, 9.17) is 10.5 Å². The second-order valence-corrected chi connectivity index (χ2v) is 4.73. The standard InChI is InChI=1S/C16H18FNO/c1-10-4-6-13(14(17)8-10)16(18)12-5-7-15(19-3)11(2)9-12/h4-9,16H,18H2,1-3H3. The molecular weight excluding hydrogens is 241 g/mol. The summed E-state index contributed by atoms with van der Waals surface area (Å²) in [6, 6.07) is 10.3. The number of halogens is 1. The first-order valence-corrected chi connectivity index (χ1v) is 6.19. The Morgan fingerprint density at radius 1 is 1.11 bits per heavy atom. The first-order valence-electron chi connectivity index (χ1n) is 6.19. The van der Waals surface area contributed by atoms with E-state index in [1.165, 1.54) is 6.07 Å². The number of nitrogens with two attached hydrogens (primary N) is 1. The topological polar surface area (TPSA) is 35.2 Å². The zero-order valence-corrected chi connectivity index (χ0v) is 11.4. The smallest absolute Gasteiger partial charge is 0.128 e. The highest BCUT2D eigenvalue weighted by atomic mass is 19.1. The Balaban J connectivity index is 2.38. The van der Waals surface area contributed by atoms with E-state index in [0.29, 0.717) is 5.56 Å². The molecule has 2 rings (SSSR count). The van der Waals surface area contributed by atoms with E-state index in [0.717, 1.165) is 22.4 Å². The van der Waals surface area contributed by atoms with Crippen molar-refractivity contribution in [2.75, 3.05) is 7.11 Å². The molecule has 0 aliphatic rings. The summed E-state index contributed by atoms with van der Waals surface area (Å²) >= 11 is 0. The van der Waals surface area contributed by atoms with Crippen molar-refractivity contribution in [1.82, 2.24) is 0 Å². The van der Waals surface area contributed by atoms with Crippen molar-refractivity contribution in [1.29, 1.82) is 0 Å². The van der Waals surface area contributed by atoms with Gasteiger partial charge in [0.05, 0.1) is 13.2 Å². The zero-order valence-electron chi connectivity index (χ0n) is 11.4. The molecule has 0 saturated heterocycles. The Morgan fingerprint density at radius 3 is 2.42 bits per heavy atom. The molecule has 0 saturated carbocycles. The van der Waals surface area contributed by atoms with Gasteiger partial charge in [-0.25, -0.2) is 4.39 Å². The molecule has 0 spiro atoms. The van der Waals surface area contributed by atoms with Crippen molar-refractivity contribution < 1.29 is 9.13 Å². The lowest BCUT2D eigenvalue weighted by Crippen LogP contribution is -2.14. The number of rotatable bonds is 3. The van der Waals surface area contributed by atoms with E-state index in [-0.39, 0.29) is 5.82 Å². The van der Waals surface area contributed by atoms with Crippen LogP contribution in [0.15, 0.2) is 36.4 Å². The summed E-state index contributed by atoms with van der Waals surface area (Å²) in [5.74, 6) is 0.543. The van der Waals surface area contributed by atoms with E-state index in [9.17, 15) is 4.39 Å². The van der Waals surface area contributed by atoms with E-state index >= 15 is 0 Å². The minimum atomic E-state index is -0.467. The largest absolute Gasteiger partial charge is 0.496 e. The average molecular weight is 259 g/mol. The summed E-state index contributed by atoms with van der Waals surface area (Å²) in [6.45, 7) is 3.80. The average Bonchev–Trinajstić information content (AvgIpc) is 2.38. The van der Waals surface area contributed by atoms with Gasteiger partial charge in [-0.1, -0.05) is 24.3 Å². The van der Waals surface area contributed by atoms with Gasteiger partial charge in [0.15, 0.2) is 0 Å². The van der Waals surface area contributed by atoms with Gasteiger partial charge in [0, 0.05) is 5.56 Å². The number of hydrogen-bond donors (Lipinski definition) is 1. The Labute approximate surface area is 113 Å². The summed E-state index contributed by atoms with van der Waals surface area (Å²) in [5.41, 5.74) is 9.41. The fourth-order valence-electron chi connectivity index (χ4n) is 2.16. The highest BCUT2D eigenvalue weighted by Gasteiger charge is 2.14. The summed E-state index contributed by atoms with van der Waals surface area (Å²) in [6.07, 6.45) is 0. The van der Waals surface area contributed by atoms with Crippen LogP contribution in [0.25, 0.3) is 0 Å². The molecule has 0 aromatic heterocycles. The lowest BCUT2D eigenvalue weighted by atomic mass is 9.96. The van der Waals surface area contributed by atoms with Gasteiger partial charge in [-0.15, -0.1) is 0 Å². The SMILES string of the molecule is COc1ccc(C(N)c2ccc(C)cc2F)cc1C. The molecule has 0 bridgehead atoms. The summed E-state index contributed by atoms with van der Waals surface area (Å²) in [5, 5.41) is 0. The highest BCUT2D eigenvalue weighted by Crippen LogP contribution is 2.27. The van der Waals surface area contributed by atoms with Crippen molar-refractivity contribution in [3.63, 3.8) is 0 Å². The number of benzene rings is 2. The van der Waals surface area contributed by atoms with Crippen molar-refractivity contribution in [2.24, 2.45) is 5.73 Å². The highest BCUT2D eigenvalue weighted by molar-refractivity contribution is 5.41. The fraction of sp³-hybridized carbons (Fsp3) is 0.250. The quantitative estimate of drug-likeness (QED) is 0.915. The molecule has 100 valence electrons. The van der Waals surface area contributed by atoms with E-state index in [1.54, 1.807) is 13.2 Å². The molecule has 0 fully saturated rings. The second-order valence-electron chi connectivity index (χ2n) is 4.73. The summed E-state index contributed by atoms with van der Waals surface area (Å²) in [4.78, 5) is 0. The first-order chi connectivity index (χ1) is 9.02. The lowest BCUT2D eigenvalue weighted by Gasteiger charge is -2.15. The third-order valence-electron chi connectivity index (χ3n) is 3.27. The molecule has 2 aromatic carbocycles. The minimum Gasteiger partial charge on any atom is -0.496 e. The van der Waals surface area contributed by atoms with Crippen molar-refractivity contribution in [3.05, 3.63) is 64.5 Å². The lowest BCUT2D eigenvalue weighted by molar-refractivity contribution is 0.411. The van der Waals surface area contributed by atoms with Crippen LogP contribution in [0.5, 0.6) is 5.75 Å².